The maximum atomic E-state index is 10.9. The minimum Gasteiger partial charge on any atom is -0.515 e. The van der Waals surface area contributed by atoms with E-state index in [-0.39, 0.29) is 5.78 Å². The van der Waals surface area contributed by atoms with Crippen molar-refractivity contribution in [2.75, 3.05) is 0 Å². The van der Waals surface area contributed by atoms with Crippen molar-refractivity contribution in [3.05, 3.63) is 24.0 Å². The van der Waals surface area contributed by atoms with E-state index in [2.05, 4.69) is 10.2 Å². The van der Waals surface area contributed by atoms with Crippen molar-refractivity contribution >= 4 is 5.78 Å². The second-order valence-corrected chi connectivity index (χ2v) is 2.61. The van der Waals surface area contributed by atoms with Gasteiger partial charge in [0.15, 0.2) is 5.78 Å². The molecule has 0 fully saturated rings. The molecule has 0 saturated carbocycles. The number of carbonyl (C=O) groups is 1. The van der Waals surface area contributed by atoms with E-state index >= 15 is 0 Å². The van der Waals surface area contributed by atoms with E-state index in [4.69, 9.17) is 5.11 Å². The molecule has 0 unspecified atom stereocenters. The Morgan fingerprint density at radius 2 is 2.36 bits per heavy atom. The van der Waals surface area contributed by atoms with E-state index in [0.717, 1.165) is 6.26 Å². The van der Waals surface area contributed by atoms with Gasteiger partial charge >= 0.3 is 0 Å². The van der Waals surface area contributed by atoms with Gasteiger partial charge in [0.25, 0.3) is 0 Å². The molecule has 1 N–H and O–H groups in total. The number of aliphatic hydroxyl groups excluding tert-OH is 1. The van der Waals surface area contributed by atoms with E-state index in [9.17, 15) is 4.79 Å². The second-order valence-electron chi connectivity index (χ2n) is 2.61. The average molecular weight is 150 g/mol. The summed E-state index contributed by atoms with van der Waals surface area (Å²) in [6.45, 7) is 0. The van der Waals surface area contributed by atoms with Crippen molar-refractivity contribution < 1.29 is 9.90 Å². The predicted molar refractivity (Wildman–Crippen MR) is 37.1 cm³/mol. The Balaban J connectivity index is 2.30. The molecule has 0 atom stereocenters. The van der Waals surface area contributed by atoms with Gasteiger partial charge in [0.05, 0.1) is 6.26 Å². The summed E-state index contributed by atoms with van der Waals surface area (Å²) in [5, 5.41) is 16.1. The number of hydrogen-bond donors (Lipinski definition) is 1. The molecule has 1 spiro atoms. The number of ketones is 1. The van der Waals surface area contributed by atoms with Gasteiger partial charge in [0, 0.05) is 12.0 Å². The van der Waals surface area contributed by atoms with Crippen molar-refractivity contribution in [3.8, 4) is 0 Å². The van der Waals surface area contributed by atoms with Gasteiger partial charge in [-0.05, 0) is 12.2 Å². The number of hydrogen-bond acceptors (Lipinski definition) is 4. The van der Waals surface area contributed by atoms with Crippen molar-refractivity contribution in [2.45, 2.75) is 12.1 Å². The number of rotatable bonds is 0. The third-order valence-electron chi connectivity index (χ3n) is 1.78. The molecular formula is C7H6N2O2. The molecule has 0 saturated heterocycles. The fourth-order valence-electron chi connectivity index (χ4n) is 1.05. The molecular weight excluding hydrogens is 144 g/mol. The summed E-state index contributed by atoms with van der Waals surface area (Å²) in [7, 11) is 0. The van der Waals surface area contributed by atoms with Crippen LogP contribution in [0, 0.1) is 0 Å². The van der Waals surface area contributed by atoms with Gasteiger partial charge in [-0.25, -0.2) is 0 Å². The van der Waals surface area contributed by atoms with Gasteiger partial charge in [0.1, 0.15) is 0 Å². The van der Waals surface area contributed by atoms with Gasteiger partial charge in [-0.15, -0.1) is 0 Å². The maximum Gasteiger partial charge on any atom is 0.213 e. The highest BCUT2D eigenvalue weighted by atomic mass is 16.2. The van der Waals surface area contributed by atoms with E-state index in [1.54, 1.807) is 6.08 Å². The highest BCUT2D eigenvalue weighted by Crippen LogP contribution is 2.38. The lowest BCUT2D eigenvalue weighted by Crippen LogP contribution is -2.17. The smallest absolute Gasteiger partial charge is 0.213 e. The summed E-state index contributed by atoms with van der Waals surface area (Å²) in [6, 6.07) is 0. The number of carbonyl (C=O) groups excluding carboxylic acids is 1. The standard InChI is InChI=1S/C7H6N2O2/c10-4-5-3-7(8-9-7)2-1-6(5)11/h1-2,4,10H,3H2. The second kappa shape index (κ2) is 1.78. The molecule has 1 heterocycles. The minimum atomic E-state index is -0.498. The van der Waals surface area contributed by atoms with Crippen molar-refractivity contribution in [1.82, 2.24) is 0 Å². The molecule has 11 heavy (non-hydrogen) atoms. The fourth-order valence-corrected chi connectivity index (χ4v) is 1.05. The highest BCUT2D eigenvalue weighted by molar-refractivity contribution is 6.05. The monoisotopic (exact) mass is 150 g/mol. The zero-order chi connectivity index (χ0) is 7.90. The Kier molecular flexibility index (Phi) is 1.01. The van der Waals surface area contributed by atoms with Crippen LogP contribution >= 0.6 is 0 Å². The van der Waals surface area contributed by atoms with E-state index in [1.807, 2.05) is 0 Å². The maximum absolute atomic E-state index is 10.9. The molecule has 0 amide bonds. The van der Waals surface area contributed by atoms with Crippen LogP contribution in [0.5, 0.6) is 0 Å². The largest absolute Gasteiger partial charge is 0.515 e. The summed E-state index contributed by atoms with van der Waals surface area (Å²) < 4.78 is 0. The Bertz CT molecular complexity index is 296. The first-order valence-electron chi connectivity index (χ1n) is 3.27. The van der Waals surface area contributed by atoms with Gasteiger partial charge in [0.2, 0.25) is 5.66 Å². The molecule has 1 aliphatic carbocycles. The Hall–Kier alpha value is -1.45. The summed E-state index contributed by atoms with van der Waals surface area (Å²) >= 11 is 0. The molecule has 0 aromatic rings. The van der Waals surface area contributed by atoms with Crippen molar-refractivity contribution in [1.29, 1.82) is 0 Å². The molecule has 2 aliphatic rings. The van der Waals surface area contributed by atoms with Gasteiger partial charge in [-0.3, -0.25) is 4.79 Å². The van der Waals surface area contributed by atoms with Gasteiger partial charge < -0.3 is 5.11 Å². The average Bonchev–Trinajstić information content (AvgIpc) is 2.76. The molecule has 2 rings (SSSR count). The summed E-state index contributed by atoms with van der Waals surface area (Å²) in [6.07, 6.45) is 4.28. The van der Waals surface area contributed by atoms with Gasteiger partial charge in [-0.1, -0.05) is 0 Å². The molecule has 0 radical (unpaired) electrons. The van der Waals surface area contributed by atoms with E-state index in [1.165, 1.54) is 6.08 Å². The lowest BCUT2D eigenvalue weighted by molar-refractivity contribution is -0.111. The first-order chi connectivity index (χ1) is 5.26. The highest BCUT2D eigenvalue weighted by Gasteiger charge is 2.41. The minimum absolute atomic E-state index is 0.157. The molecule has 56 valence electrons. The molecule has 4 nitrogen and oxygen atoms in total. The first kappa shape index (κ1) is 6.27. The zero-order valence-corrected chi connectivity index (χ0v) is 5.69. The van der Waals surface area contributed by atoms with Crippen LogP contribution < -0.4 is 0 Å². The third-order valence-corrected chi connectivity index (χ3v) is 1.78. The topological polar surface area (TPSA) is 62.0 Å². The van der Waals surface area contributed by atoms with Crippen LogP contribution in [0.1, 0.15) is 6.42 Å². The van der Waals surface area contributed by atoms with Crippen LogP contribution in [0.25, 0.3) is 0 Å². The molecule has 1 aliphatic heterocycles. The summed E-state index contributed by atoms with van der Waals surface area (Å²) in [4.78, 5) is 10.9. The lowest BCUT2D eigenvalue weighted by atomic mass is 9.94. The van der Waals surface area contributed by atoms with Gasteiger partial charge in [-0.2, -0.15) is 10.2 Å². The Labute approximate surface area is 62.9 Å². The molecule has 4 heteroatoms. The zero-order valence-electron chi connectivity index (χ0n) is 5.69. The molecule has 0 aromatic heterocycles. The molecule has 0 bridgehead atoms. The van der Waals surface area contributed by atoms with E-state index in [0.29, 0.717) is 12.0 Å². The lowest BCUT2D eigenvalue weighted by Gasteiger charge is -2.10. The van der Waals surface area contributed by atoms with Crippen molar-refractivity contribution in [2.24, 2.45) is 10.2 Å². The Morgan fingerprint density at radius 3 is 2.91 bits per heavy atom. The number of nitrogens with zero attached hydrogens (tertiary/aromatic N) is 2. The SMILES string of the molecule is O=C1C=CC2(CC1=CO)N=N2. The van der Waals surface area contributed by atoms with Crippen LogP contribution in [0.4, 0.5) is 0 Å². The number of allylic oxidation sites excluding steroid dienone is 1. The fraction of sp³-hybridized carbons (Fsp3) is 0.286. The predicted octanol–water partition coefficient (Wildman–Crippen LogP) is 1.12. The van der Waals surface area contributed by atoms with Crippen LogP contribution in [0.2, 0.25) is 0 Å². The van der Waals surface area contributed by atoms with E-state index < -0.39 is 5.66 Å². The Morgan fingerprint density at radius 1 is 1.64 bits per heavy atom. The summed E-state index contributed by atoms with van der Waals surface area (Å²) in [5.74, 6) is -0.157. The normalized spacial score (nSPS) is 28.4. The quantitative estimate of drug-likeness (QED) is 0.415. The van der Waals surface area contributed by atoms with Crippen LogP contribution in [-0.2, 0) is 4.79 Å². The molecule has 0 aromatic carbocycles. The van der Waals surface area contributed by atoms with Crippen LogP contribution in [-0.4, -0.2) is 16.6 Å². The van der Waals surface area contributed by atoms with Crippen LogP contribution in [0.3, 0.4) is 0 Å². The van der Waals surface area contributed by atoms with Crippen LogP contribution in [0.15, 0.2) is 34.2 Å². The van der Waals surface area contributed by atoms with Crippen molar-refractivity contribution in [3.63, 3.8) is 0 Å². The number of aliphatic hydroxyl groups is 1. The first-order valence-corrected chi connectivity index (χ1v) is 3.27. The summed E-state index contributed by atoms with van der Waals surface area (Å²) in [5.41, 5.74) is -0.125. The third kappa shape index (κ3) is 0.869.